The minimum Gasteiger partial charge on any atom is -0.361 e. The van der Waals surface area contributed by atoms with Crippen LogP contribution in [0.5, 0.6) is 0 Å². The molecule has 0 aliphatic rings. The molecular formula is C23H28N4O2. The highest BCUT2D eigenvalue weighted by Crippen LogP contribution is 2.19. The summed E-state index contributed by atoms with van der Waals surface area (Å²) in [5.74, 6) is -0.384. The van der Waals surface area contributed by atoms with E-state index in [1.807, 2.05) is 48.7 Å². The third-order valence-corrected chi connectivity index (χ3v) is 4.91. The number of H-pyrrole nitrogens is 1. The summed E-state index contributed by atoms with van der Waals surface area (Å²) >= 11 is 0. The molecule has 0 saturated heterocycles. The lowest BCUT2D eigenvalue weighted by molar-refractivity contribution is -0.128. The molecule has 1 unspecified atom stereocenters. The maximum atomic E-state index is 12.8. The Morgan fingerprint density at radius 1 is 1.03 bits per heavy atom. The van der Waals surface area contributed by atoms with Crippen LogP contribution >= 0.6 is 0 Å². The number of rotatable bonds is 10. The van der Waals surface area contributed by atoms with Crippen molar-refractivity contribution in [2.45, 2.75) is 31.7 Å². The number of carbonyl (C=O) groups is 2. The van der Waals surface area contributed by atoms with Gasteiger partial charge < -0.3 is 21.4 Å². The number of amides is 2. The second-order valence-corrected chi connectivity index (χ2v) is 7.10. The smallest absolute Gasteiger partial charge is 0.242 e. The Balaban J connectivity index is 1.61. The van der Waals surface area contributed by atoms with Crippen molar-refractivity contribution in [1.29, 1.82) is 0 Å². The predicted octanol–water partition coefficient (Wildman–Crippen LogP) is 2.29. The van der Waals surface area contributed by atoms with E-state index in [-0.39, 0.29) is 24.8 Å². The molecule has 2 aromatic carbocycles. The molecule has 152 valence electrons. The predicted molar refractivity (Wildman–Crippen MR) is 115 cm³/mol. The van der Waals surface area contributed by atoms with E-state index in [0.29, 0.717) is 13.0 Å². The van der Waals surface area contributed by atoms with E-state index in [1.54, 1.807) is 0 Å². The third-order valence-electron chi connectivity index (χ3n) is 4.91. The summed E-state index contributed by atoms with van der Waals surface area (Å²) in [6.07, 6.45) is 4.26. The van der Waals surface area contributed by atoms with Gasteiger partial charge in [0.05, 0.1) is 0 Å². The second-order valence-electron chi connectivity index (χ2n) is 7.10. The molecule has 3 rings (SSSR count). The van der Waals surface area contributed by atoms with Gasteiger partial charge in [-0.2, -0.15) is 0 Å². The fourth-order valence-electron chi connectivity index (χ4n) is 3.40. The van der Waals surface area contributed by atoms with Gasteiger partial charge in [0.2, 0.25) is 11.8 Å². The van der Waals surface area contributed by atoms with Gasteiger partial charge >= 0.3 is 0 Å². The number of fused-ring (bicyclic) bond motifs is 1. The summed E-state index contributed by atoms with van der Waals surface area (Å²) in [6.45, 7) is 0.815. The summed E-state index contributed by atoms with van der Waals surface area (Å²) in [4.78, 5) is 28.1. The van der Waals surface area contributed by atoms with Gasteiger partial charge in [-0.1, -0.05) is 48.5 Å². The van der Waals surface area contributed by atoms with Crippen LogP contribution in [0.25, 0.3) is 10.9 Å². The number of aromatic amines is 1. The topological polar surface area (TPSA) is 100 Å². The molecule has 0 aliphatic heterocycles. The fourth-order valence-corrected chi connectivity index (χ4v) is 3.40. The lowest BCUT2D eigenvalue weighted by atomic mass is 10.0. The molecule has 1 aromatic heterocycles. The summed E-state index contributed by atoms with van der Waals surface area (Å²) in [6, 6.07) is 17.5. The number of hydrogen-bond acceptors (Lipinski definition) is 3. The molecule has 0 radical (unpaired) electrons. The van der Waals surface area contributed by atoms with Crippen LogP contribution < -0.4 is 16.4 Å². The quantitative estimate of drug-likeness (QED) is 0.398. The maximum absolute atomic E-state index is 12.8. The first-order valence-electron chi connectivity index (χ1n) is 10.0. The van der Waals surface area contributed by atoms with E-state index >= 15 is 0 Å². The minimum atomic E-state index is -0.634. The number of carbonyl (C=O) groups excluding carboxylic acids is 2. The number of para-hydroxylation sites is 1. The standard InChI is InChI=1S/C23H28N4O2/c24-13-12-22(28)27-21(15-18-16-26-20-11-5-4-10-19(18)20)23(29)25-14-6-9-17-7-2-1-3-8-17/h1-5,7-8,10-11,16,21,26H,6,9,12-15,24H2,(H,25,29)(H,27,28). The first-order chi connectivity index (χ1) is 14.2. The second kappa shape index (κ2) is 10.4. The Hall–Kier alpha value is -3.12. The van der Waals surface area contributed by atoms with Crippen LogP contribution in [0, 0.1) is 0 Å². The molecule has 1 atom stereocenters. The first-order valence-corrected chi connectivity index (χ1v) is 10.0. The Morgan fingerprint density at radius 2 is 1.79 bits per heavy atom. The molecule has 0 aliphatic carbocycles. The zero-order valence-electron chi connectivity index (χ0n) is 16.5. The van der Waals surface area contributed by atoms with E-state index in [9.17, 15) is 9.59 Å². The van der Waals surface area contributed by atoms with Crippen molar-refractivity contribution in [3.05, 3.63) is 71.9 Å². The Kier molecular flexibility index (Phi) is 7.41. The zero-order valence-corrected chi connectivity index (χ0v) is 16.5. The summed E-state index contributed by atoms with van der Waals surface area (Å²) in [5.41, 5.74) is 8.73. The van der Waals surface area contributed by atoms with Gasteiger partial charge in [0, 0.05) is 43.0 Å². The Bertz CT molecular complexity index is 936. The number of aromatic nitrogens is 1. The number of nitrogens with two attached hydrogens (primary N) is 1. The van der Waals surface area contributed by atoms with Crippen LogP contribution in [0.4, 0.5) is 0 Å². The minimum absolute atomic E-state index is 0.172. The summed E-state index contributed by atoms with van der Waals surface area (Å²) in [5, 5.41) is 6.86. The van der Waals surface area contributed by atoms with Crippen molar-refractivity contribution < 1.29 is 9.59 Å². The van der Waals surface area contributed by atoms with Crippen LogP contribution in [0.2, 0.25) is 0 Å². The molecule has 2 amide bonds. The van der Waals surface area contributed by atoms with Crippen LogP contribution in [0.3, 0.4) is 0 Å². The Labute approximate surface area is 170 Å². The van der Waals surface area contributed by atoms with E-state index in [1.165, 1.54) is 5.56 Å². The van der Waals surface area contributed by atoms with Gasteiger partial charge in [0.1, 0.15) is 6.04 Å². The van der Waals surface area contributed by atoms with Gasteiger partial charge in [0.15, 0.2) is 0 Å². The van der Waals surface area contributed by atoms with Crippen molar-refractivity contribution in [1.82, 2.24) is 15.6 Å². The lowest BCUT2D eigenvalue weighted by Crippen LogP contribution is -2.48. The van der Waals surface area contributed by atoms with Gasteiger partial charge in [-0.15, -0.1) is 0 Å². The summed E-state index contributed by atoms with van der Waals surface area (Å²) in [7, 11) is 0. The molecule has 5 N–H and O–H groups in total. The lowest BCUT2D eigenvalue weighted by Gasteiger charge is -2.18. The molecule has 3 aromatic rings. The van der Waals surface area contributed by atoms with Crippen molar-refractivity contribution >= 4 is 22.7 Å². The highest BCUT2D eigenvalue weighted by atomic mass is 16.2. The van der Waals surface area contributed by atoms with Crippen molar-refractivity contribution in [2.75, 3.05) is 13.1 Å². The van der Waals surface area contributed by atoms with E-state index in [0.717, 1.165) is 29.3 Å². The van der Waals surface area contributed by atoms with Gasteiger partial charge in [-0.25, -0.2) is 0 Å². The SMILES string of the molecule is NCCC(=O)NC(Cc1c[nH]c2ccccc12)C(=O)NCCCc1ccccc1. The average molecular weight is 393 g/mol. The van der Waals surface area contributed by atoms with E-state index in [2.05, 4.69) is 27.8 Å². The Morgan fingerprint density at radius 3 is 2.59 bits per heavy atom. The average Bonchev–Trinajstić information content (AvgIpc) is 3.14. The third kappa shape index (κ3) is 5.93. The number of benzene rings is 2. The summed E-state index contributed by atoms with van der Waals surface area (Å²) < 4.78 is 0. The van der Waals surface area contributed by atoms with Gasteiger partial charge in [0.25, 0.3) is 0 Å². The zero-order chi connectivity index (χ0) is 20.5. The van der Waals surface area contributed by atoms with Gasteiger partial charge in [-0.3, -0.25) is 9.59 Å². The maximum Gasteiger partial charge on any atom is 0.242 e. The number of nitrogens with one attached hydrogen (secondary N) is 3. The molecule has 6 nitrogen and oxygen atoms in total. The van der Waals surface area contributed by atoms with Crippen LogP contribution in [-0.4, -0.2) is 35.9 Å². The van der Waals surface area contributed by atoms with Crippen LogP contribution in [-0.2, 0) is 22.4 Å². The van der Waals surface area contributed by atoms with E-state index in [4.69, 9.17) is 5.73 Å². The molecule has 0 bridgehead atoms. The molecule has 0 saturated carbocycles. The van der Waals surface area contributed by atoms with Crippen molar-refractivity contribution in [3.63, 3.8) is 0 Å². The number of hydrogen-bond donors (Lipinski definition) is 4. The highest BCUT2D eigenvalue weighted by Gasteiger charge is 2.22. The largest absolute Gasteiger partial charge is 0.361 e. The van der Waals surface area contributed by atoms with Crippen molar-refractivity contribution in [2.24, 2.45) is 5.73 Å². The van der Waals surface area contributed by atoms with Crippen LogP contribution in [0.15, 0.2) is 60.8 Å². The highest BCUT2D eigenvalue weighted by molar-refractivity contribution is 5.89. The molecule has 29 heavy (non-hydrogen) atoms. The molecule has 0 fully saturated rings. The number of aryl methyl sites for hydroxylation is 1. The van der Waals surface area contributed by atoms with E-state index < -0.39 is 6.04 Å². The molecular weight excluding hydrogens is 364 g/mol. The molecule has 1 heterocycles. The molecule has 0 spiro atoms. The van der Waals surface area contributed by atoms with Crippen molar-refractivity contribution in [3.8, 4) is 0 Å². The monoisotopic (exact) mass is 392 g/mol. The molecule has 6 heteroatoms. The van der Waals surface area contributed by atoms with Crippen LogP contribution in [0.1, 0.15) is 24.0 Å². The van der Waals surface area contributed by atoms with Gasteiger partial charge in [-0.05, 0) is 30.0 Å². The fraction of sp³-hybridized carbons (Fsp3) is 0.304. The first kappa shape index (κ1) is 20.6. The normalized spacial score (nSPS) is 11.9.